The van der Waals surface area contributed by atoms with E-state index < -0.39 is 5.97 Å². The SMILES string of the molecule is Cc1cc(=O)n(CC2CCSCC2)c(C)c1C(=O)O. The Bertz CT molecular complexity index is 544. The highest BCUT2D eigenvalue weighted by atomic mass is 32.2. The lowest BCUT2D eigenvalue weighted by Crippen LogP contribution is -2.29. The van der Waals surface area contributed by atoms with Crippen molar-refractivity contribution in [1.29, 1.82) is 0 Å². The molecule has 104 valence electrons. The van der Waals surface area contributed by atoms with Gasteiger partial charge in [-0.2, -0.15) is 11.8 Å². The molecule has 1 fully saturated rings. The lowest BCUT2D eigenvalue weighted by molar-refractivity contribution is 0.0694. The fourth-order valence-electron chi connectivity index (χ4n) is 2.66. The standard InChI is InChI=1S/C14H19NO3S/c1-9-7-12(16)15(10(2)13(9)14(17)18)8-11-3-5-19-6-4-11/h7,11H,3-6,8H2,1-2H3,(H,17,18). The first-order chi connectivity index (χ1) is 9.00. The number of thioether (sulfide) groups is 1. The summed E-state index contributed by atoms with van der Waals surface area (Å²) in [7, 11) is 0. The molecule has 1 N–H and O–H groups in total. The molecule has 1 aliphatic heterocycles. The molecule has 1 aromatic rings. The molecule has 4 nitrogen and oxygen atoms in total. The summed E-state index contributed by atoms with van der Waals surface area (Å²) in [6.45, 7) is 4.06. The average Bonchev–Trinajstić information content (AvgIpc) is 2.35. The smallest absolute Gasteiger partial charge is 0.337 e. The van der Waals surface area contributed by atoms with E-state index >= 15 is 0 Å². The van der Waals surface area contributed by atoms with Crippen molar-refractivity contribution in [2.75, 3.05) is 11.5 Å². The van der Waals surface area contributed by atoms with E-state index in [4.69, 9.17) is 0 Å². The monoisotopic (exact) mass is 281 g/mol. The van der Waals surface area contributed by atoms with Gasteiger partial charge in [-0.15, -0.1) is 0 Å². The number of aromatic nitrogens is 1. The Balaban J connectivity index is 2.36. The molecule has 1 aliphatic rings. The molecule has 0 amide bonds. The van der Waals surface area contributed by atoms with Gasteiger partial charge in [0, 0.05) is 18.3 Å². The summed E-state index contributed by atoms with van der Waals surface area (Å²) in [4.78, 5) is 23.4. The van der Waals surface area contributed by atoms with Gasteiger partial charge in [0.1, 0.15) is 0 Å². The van der Waals surface area contributed by atoms with Crippen molar-refractivity contribution in [1.82, 2.24) is 4.57 Å². The van der Waals surface area contributed by atoms with E-state index in [1.807, 2.05) is 11.8 Å². The van der Waals surface area contributed by atoms with Crippen molar-refractivity contribution in [3.8, 4) is 0 Å². The molecule has 0 bridgehead atoms. The van der Waals surface area contributed by atoms with Gasteiger partial charge < -0.3 is 9.67 Å². The first-order valence-electron chi connectivity index (χ1n) is 6.52. The molecule has 5 heteroatoms. The second-order valence-corrected chi connectivity index (χ2v) is 6.32. The molecule has 19 heavy (non-hydrogen) atoms. The number of carboxylic acids is 1. The molecule has 1 saturated heterocycles. The van der Waals surface area contributed by atoms with Crippen LogP contribution in [0.3, 0.4) is 0 Å². The summed E-state index contributed by atoms with van der Waals surface area (Å²) in [5.41, 5.74) is 1.31. The second kappa shape index (κ2) is 5.82. The van der Waals surface area contributed by atoms with Crippen molar-refractivity contribution in [2.45, 2.75) is 33.2 Å². The Morgan fingerprint density at radius 1 is 1.42 bits per heavy atom. The van der Waals surface area contributed by atoms with Crippen molar-refractivity contribution in [3.05, 3.63) is 33.2 Å². The van der Waals surface area contributed by atoms with E-state index in [0.29, 0.717) is 23.7 Å². The fraction of sp³-hybridized carbons (Fsp3) is 0.571. The molecule has 0 unspecified atom stereocenters. The minimum Gasteiger partial charge on any atom is -0.478 e. The zero-order valence-electron chi connectivity index (χ0n) is 11.3. The number of hydrogen-bond donors (Lipinski definition) is 1. The van der Waals surface area contributed by atoms with Crippen LogP contribution in [0.4, 0.5) is 0 Å². The predicted octanol–water partition coefficient (Wildman–Crippen LogP) is 2.31. The van der Waals surface area contributed by atoms with Crippen LogP contribution in [0.25, 0.3) is 0 Å². The van der Waals surface area contributed by atoms with Crippen LogP contribution in [-0.2, 0) is 6.54 Å². The van der Waals surface area contributed by atoms with E-state index in [2.05, 4.69) is 0 Å². The van der Waals surface area contributed by atoms with Crippen molar-refractivity contribution < 1.29 is 9.90 Å². The van der Waals surface area contributed by atoms with Crippen LogP contribution in [0.2, 0.25) is 0 Å². The zero-order valence-corrected chi connectivity index (χ0v) is 12.1. The number of carboxylic acid groups (broad SMARTS) is 1. The highest BCUT2D eigenvalue weighted by molar-refractivity contribution is 7.99. The van der Waals surface area contributed by atoms with E-state index in [9.17, 15) is 14.7 Å². The Morgan fingerprint density at radius 3 is 2.63 bits per heavy atom. The van der Waals surface area contributed by atoms with Gasteiger partial charge >= 0.3 is 5.97 Å². The molecule has 0 radical (unpaired) electrons. The molecular weight excluding hydrogens is 262 g/mol. The Morgan fingerprint density at radius 2 is 2.05 bits per heavy atom. The van der Waals surface area contributed by atoms with Crippen LogP contribution >= 0.6 is 11.8 Å². The first-order valence-corrected chi connectivity index (χ1v) is 7.68. The maximum absolute atomic E-state index is 12.1. The van der Waals surface area contributed by atoms with E-state index in [0.717, 1.165) is 24.3 Å². The normalized spacial score (nSPS) is 16.5. The number of rotatable bonds is 3. The van der Waals surface area contributed by atoms with Crippen LogP contribution in [0.15, 0.2) is 10.9 Å². The molecule has 0 saturated carbocycles. The van der Waals surface area contributed by atoms with Gasteiger partial charge in [-0.05, 0) is 49.7 Å². The van der Waals surface area contributed by atoms with Gasteiger partial charge in [0.05, 0.1) is 5.56 Å². The lowest BCUT2D eigenvalue weighted by atomic mass is 10.0. The minimum atomic E-state index is -0.956. The van der Waals surface area contributed by atoms with Gasteiger partial charge in [0.25, 0.3) is 5.56 Å². The van der Waals surface area contributed by atoms with E-state index in [1.54, 1.807) is 18.4 Å². The van der Waals surface area contributed by atoms with Crippen LogP contribution < -0.4 is 5.56 Å². The van der Waals surface area contributed by atoms with Gasteiger partial charge in [0.15, 0.2) is 0 Å². The molecule has 2 rings (SSSR count). The molecule has 0 aliphatic carbocycles. The van der Waals surface area contributed by atoms with Gasteiger partial charge in [-0.1, -0.05) is 0 Å². The van der Waals surface area contributed by atoms with Crippen molar-refractivity contribution in [3.63, 3.8) is 0 Å². The molecule has 0 spiro atoms. The number of aromatic carboxylic acids is 1. The molecule has 0 atom stereocenters. The maximum atomic E-state index is 12.1. The number of carbonyl (C=O) groups is 1. The molecule has 2 heterocycles. The molecule has 0 aromatic carbocycles. The second-order valence-electron chi connectivity index (χ2n) is 5.10. The van der Waals surface area contributed by atoms with Crippen molar-refractivity contribution in [2.24, 2.45) is 5.92 Å². The third-order valence-electron chi connectivity index (χ3n) is 3.76. The average molecular weight is 281 g/mol. The predicted molar refractivity (Wildman–Crippen MR) is 77.2 cm³/mol. The third kappa shape index (κ3) is 3.03. The Labute approximate surface area is 116 Å². The van der Waals surface area contributed by atoms with Gasteiger partial charge in [-0.25, -0.2) is 4.79 Å². The highest BCUT2D eigenvalue weighted by Gasteiger charge is 2.19. The summed E-state index contributed by atoms with van der Waals surface area (Å²) < 4.78 is 1.64. The topological polar surface area (TPSA) is 59.3 Å². The summed E-state index contributed by atoms with van der Waals surface area (Å²) in [5.74, 6) is 1.80. The number of pyridine rings is 1. The molecule has 1 aromatic heterocycles. The Hall–Kier alpha value is -1.23. The highest BCUT2D eigenvalue weighted by Crippen LogP contribution is 2.24. The fourth-order valence-corrected chi connectivity index (χ4v) is 3.86. The van der Waals surface area contributed by atoms with Gasteiger partial charge in [-0.3, -0.25) is 4.79 Å². The number of nitrogens with zero attached hydrogens (tertiary/aromatic N) is 1. The van der Waals surface area contributed by atoms with Crippen molar-refractivity contribution >= 4 is 17.7 Å². The van der Waals surface area contributed by atoms with Crippen LogP contribution in [-0.4, -0.2) is 27.1 Å². The quantitative estimate of drug-likeness (QED) is 0.923. The number of aryl methyl sites for hydroxylation is 1. The van der Waals surface area contributed by atoms with Crippen LogP contribution in [0.1, 0.15) is 34.5 Å². The van der Waals surface area contributed by atoms with Crippen LogP contribution in [0.5, 0.6) is 0 Å². The zero-order chi connectivity index (χ0) is 14.0. The first kappa shape index (κ1) is 14.2. The minimum absolute atomic E-state index is 0.0850. The third-order valence-corrected chi connectivity index (χ3v) is 4.81. The van der Waals surface area contributed by atoms with E-state index in [-0.39, 0.29) is 11.1 Å². The summed E-state index contributed by atoms with van der Waals surface area (Å²) in [6, 6.07) is 1.44. The summed E-state index contributed by atoms with van der Waals surface area (Å²) >= 11 is 1.95. The molecular formula is C14H19NO3S. The summed E-state index contributed by atoms with van der Waals surface area (Å²) in [6.07, 6.45) is 2.21. The maximum Gasteiger partial charge on any atom is 0.337 e. The van der Waals surface area contributed by atoms with Crippen LogP contribution in [0, 0.1) is 19.8 Å². The Kier molecular flexibility index (Phi) is 4.34. The lowest BCUT2D eigenvalue weighted by Gasteiger charge is -2.24. The van der Waals surface area contributed by atoms with E-state index in [1.165, 1.54) is 6.07 Å². The van der Waals surface area contributed by atoms with Gasteiger partial charge in [0.2, 0.25) is 0 Å². The summed E-state index contributed by atoms with van der Waals surface area (Å²) in [5, 5.41) is 9.25. The largest absolute Gasteiger partial charge is 0.478 e. The number of hydrogen-bond acceptors (Lipinski definition) is 3.